The minimum absolute atomic E-state index is 0.00299. The molecule has 3 aromatic rings. The molecule has 0 bridgehead atoms. The first kappa shape index (κ1) is 28.4. The van der Waals surface area contributed by atoms with Crippen LogP contribution in [0, 0.1) is 0 Å². The predicted molar refractivity (Wildman–Crippen MR) is 160 cm³/mol. The number of piperidine rings is 1. The average Bonchev–Trinajstić information content (AvgIpc) is 3.33. The topological polar surface area (TPSA) is 103 Å². The summed E-state index contributed by atoms with van der Waals surface area (Å²) in [6.07, 6.45) is 1.36. The van der Waals surface area contributed by atoms with Crippen molar-refractivity contribution in [3.8, 4) is 0 Å². The molecule has 0 radical (unpaired) electrons. The van der Waals surface area contributed by atoms with E-state index in [0.717, 1.165) is 60.5 Å². The summed E-state index contributed by atoms with van der Waals surface area (Å²) in [5.74, 6) is -0.00728. The Morgan fingerprint density at radius 1 is 0.976 bits per heavy atom. The lowest BCUT2D eigenvalue weighted by Gasteiger charge is -2.45. The third-order valence-corrected chi connectivity index (χ3v) is 8.67. The summed E-state index contributed by atoms with van der Waals surface area (Å²) in [5.41, 5.74) is 4.04. The fraction of sp³-hybridized carbons (Fsp3) is 0.394. The molecule has 42 heavy (non-hydrogen) atoms. The van der Waals surface area contributed by atoms with E-state index in [9.17, 15) is 14.7 Å². The van der Waals surface area contributed by atoms with E-state index < -0.39 is 11.8 Å². The number of nitrogens with one attached hydrogen (secondary N) is 2. The number of amides is 2. The molecular formula is C33H38N4O5. The van der Waals surface area contributed by atoms with Crippen LogP contribution in [0.2, 0.25) is 0 Å². The molecule has 9 heteroatoms. The van der Waals surface area contributed by atoms with E-state index in [1.165, 1.54) is 6.92 Å². The summed E-state index contributed by atoms with van der Waals surface area (Å²) in [6, 6.07) is 25.6. The molecule has 3 fully saturated rings. The van der Waals surface area contributed by atoms with Gasteiger partial charge < -0.3 is 35.0 Å². The van der Waals surface area contributed by atoms with E-state index in [1.807, 2.05) is 66.7 Å². The van der Waals surface area contributed by atoms with E-state index in [2.05, 4.69) is 32.6 Å². The Labute approximate surface area is 246 Å². The molecule has 3 unspecified atom stereocenters. The lowest BCUT2D eigenvalue weighted by Crippen LogP contribution is -2.57. The summed E-state index contributed by atoms with van der Waals surface area (Å²) in [4.78, 5) is 29.2. The van der Waals surface area contributed by atoms with Crippen LogP contribution in [-0.4, -0.2) is 59.8 Å². The number of carbonyl (C=O) groups is 2. The SMILES string of the molecule is CC(=O)Nc1ccc(C2OC(CN3CCC4(CC3)C(=O)NCN4c3ccccc3)CC(c3ccc(CO)cc3)O2)cc1. The Bertz CT molecular complexity index is 1370. The zero-order chi connectivity index (χ0) is 29.1. The molecule has 3 aliphatic heterocycles. The van der Waals surface area contributed by atoms with Gasteiger partial charge in [0.05, 0.1) is 25.5 Å². The average molecular weight is 571 g/mol. The third kappa shape index (κ3) is 5.91. The van der Waals surface area contributed by atoms with Crippen LogP contribution in [0.15, 0.2) is 78.9 Å². The van der Waals surface area contributed by atoms with Crippen LogP contribution in [-0.2, 0) is 25.7 Å². The zero-order valence-corrected chi connectivity index (χ0v) is 23.9. The van der Waals surface area contributed by atoms with Gasteiger partial charge in [-0.3, -0.25) is 9.59 Å². The summed E-state index contributed by atoms with van der Waals surface area (Å²) < 4.78 is 13.0. The third-order valence-electron chi connectivity index (χ3n) is 8.67. The van der Waals surface area contributed by atoms with Crippen LogP contribution in [0.1, 0.15) is 55.3 Å². The van der Waals surface area contributed by atoms with Crippen molar-refractivity contribution in [2.75, 3.05) is 36.5 Å². The van der Waals surface area contributed by atoms with Gasteiger partial charge in [-0.1, -0.05) is 54.6 Å². The number of hydrogen-bond acceptors (Lipinski definition) is 7. The zero-order valence-electron chi connectivity index (χ0n) is 23.9. The number of aliphatic hydroxyl groups excluding tert-OH is 1. The minimum Gasteiger partial charge on any atom is -0.392 e. The summed E-state index contributed by atoms with van der Waals surface area (Å²) in [7, 11) is 0. The number of rotatable bonds is 7. The fourth-order valence-corrected chi connectivity index (χ4v) is 6.39. The minimum atomic E-state index is -0.567. The molecule has 220 valence electrons. The number of benzene rings is 3. The van der Waals surface area contributed by atoms with Crippen LogP contribution in [0.4, 0.5) is 11.4 Å². The molecule has 3 N–H and O–H groups in total. The van der Waals surface area contributed by atoms with Crippen molar-refractivity contribution in [1.29, 1.82) is 0 Å². The molecule has 3 aliphatic rings. The summed E-state index contributed by atoms with van der Waals surface area (Å²) in [6.45, 7) is 4.34. The Morgan fingerprint density at radius 3 is 2.33 bits per heavy atom. The van der Waals surface area contributed by atoms with E-state index in [-0.39, 0.29) is 30.6 Å². The fourth-order valence-electron chi connectivity index (χ4n) is 6.39. The first-order valence-electron chi connectivity index (χ1n) is 14.6. The molecule has 3 saturated heterocycles. The van der Waals surface area contributed by atoms with Gasteiger partial charge >= 0.3 is 0 Å². The summed E-state index contributed by atoms with van der Waals surface area (Å²) in [5, 5.41) is 15.4. The summed E-state index contributed by atoms with van der Waals surface area (Å²) >= 11 is 0. The molecule has 3 heterocycles. The lowest BCUT2D eigenvalue weighted by atomic mass is 9.85. The normalized spacial score (nSPS) is 24.0. The van der Waals surface area contributed by atoms with Crippen molar-refractivity contribution in [2.24, 2.45) is 0 Å². The number of likely N-dealkylation sites (tertiary alicyclic amines) is 1. The maximum absolute atomic E-state index is 13.1. The van der Waals surface area contributed by atoms with E-state index in [0.29, 0.717) is 13.1 Å². The second-order valence-electron chi connectivity index (χ2n) is 11.4. The Hall–Kier alpha value is -3.76. The molecule has 6 rings (SSSR count). The van der Waals surface area contributed by atoms with Crippen molar-refractivity contribution in [2.45, 2.75) is 56.8 Å². The molecule has 3 atom stereocenters. The monoisotopic (exact) mass is 570 g/mol. The number of anilines is 2. The quantitative estimate of drug-likeness (QED) is 0.393. The van der Waals surface area contributed by atoms with Gasteiger partial charge in [0.1, 0.15) is 5.54 Å². The van der Waals surface area contributed by atoms with Gasteiger partial charge in [0.15, 0.2) is 6.29 Å². The Kier molecular flexibility index (Phi) is 8.26. The highest BCUT2D eigenvalue weighted by molar-refractivity contribution is 5.93. The highest BCUT2D eigenvalue weighted by Crippen LogP contribution is 2.40. The molecule has 0 aromatic heterocycles. The second kappa shape index (κ2) is 12.2. The van der Waals surface area contributed by atoms with Crippen molar-refractivity contribution in [3.05, 3.63) is 95.6 Å². The Morgan fingerprint density at radius 2 is 1.67 bits per heavy atom. The molecular weight excluding hydrogens is 532 g/mol. The smallest absolute Gasteiger partial charge is 0.247 e. The highest BCUT2D eigenvalue weighted by Gasteiger charge is 2.50. The van der Waals surface area contributed by atoms with Crippen molar-refractivity contribution in [1.82, 2.24) is 10.2 Å². The van der Waals surface area contributed by atoms with Crippen LogP contribution < -0.4 is 15.5 Å². The van der Waals surface area contributed by atoms with Crippen molar-refractivity contribution in [3.63, 3.8) is 0 Å². The number of hydrogen-bond donors (Lipinski definition) is 3. The number of carbonyl (C=O) groups excluding carboxylic acids is 2. The predicted octanol–water partition coefficient (Wildman–Crippen LogP) is 4.11. The van der Waals surface area contributed by atoms with Gasteiger partial charge in [-0.05, 0) is 48.2 Å². The van der Waals surface area contributed by atoms with Crippen molar-refractivity contribution >= 4 is 23.2 Å². The lowest BCUT2D eigenvalue weighted by molar-refractivity contribution is -0.253. The van der Waals surface area contributed by atoms with Gasteiger partial charge in [0.2, 0.25) is 11.8 Å². The van der Waals surface area contributed by atoms with Crippen LogP contribution in [0.3, 0.4) is 0 Å². The standard InChI is InChI=1S/C33H38N4O5/c1-23(39)35-27-13-11-26(12-14-27)31-41-29(19-30(42-31)25-9-7-24(21-38)8-10-25)20-36-17-15-33(16-18-36)32(40)34-22-37(33)28-5-3-2-4-6-28/h2-14,29-31,38H,15-22H2,1H3,(H,34,40)(H,35,39). The number of ether oxygens (including phenoxy) is 2. The molecule has 0 aliphatic carbocycles. The largest absolute Gasteiger partial charge is 0.392 e. The number of nitrogens with zero attached hydrogens (tertiary/aromatic N) is 2. The van der Waals surface area contributed by atoms with Crippen LogP contribution in [0.5, 0.6) is 0 Å². The van der Waals surface area contributed by atoms with Gasteiger partial charge in [-0.25, -0.2) is 0 Å². The molecule has 2 amide bonds. The number of aliphatic hydroxyl groups is 1. The maximum atomic E-state index is 13.1. The first-order chi connectivity index (χ1) is 20.4. The van der Waals surface area contributed by atoms with E-state index in [1.54, 1.807) is 0 Å². The van der Waals surface area contributed by atoms with Gasteiger partial charge in [-0.15, -0.1) is 0 Å². The molecule has 1 spiro atoms. The van der Waals surface area contributed by atoms with Crippen molar-refractivity contribution < 1.29 is 24.2 Å². The van der Waals surface area contributed by atoms with E-state index >= 15 is 0 Å². The van der Waals surface area contributed by atoms with Crippen LogP contribution in [0.25, 0.3) is 0 Å². The van der Waals surface area contributed by atoms with Gasteiger partial charge in [0.25, 0.3) is 0 Å². The second-order valence-corrected chi connectivity index (χ2v) is 11.4. The highest BCUT2D eigenvalue weighted by atomic mass is 16.7. The van der Waals surface area contributed by atoms with Crippen LogP contribution >= 0.6 is 0 Å². The Balaban J connectivity index is 1.17. The number of para-hydroxylation sites is 1. The van der Waals surface area contributed by atoms with Gasteiger partial charge in [0, 0.05) is 49.9 Å². The molecule has 9 nitrogen and oxygen atoms in total. The maximum Gasteiger partial charge on any atom is 0.247 e. The first-order valence-corrected chi connectivity index (χ1v) is 14.6. The van der Waals surface area contributed by atoms with Gasteiger partial charge in [-0.2, -0.15) is 0 Å². The molecule has 3 aromatic carbocycles. The van der Waals surface area contributed by atoms with E-state index in [4.69, 9.17) is 9.47 Å². The molecule has 0 saturated carbocycles.